The van der Waals surface area contributed by atoms with Crippen molar-refractivity contribution in [1.82, 2.24) is 0 Å². The molecule has 0 saturated heterocycles. The van der Waals surface area contributed by atoms with Gasteiger partial charge < -0.3 is 0 Å². The van der Waals surface area contributed by atoms with Crippen LogP contribution in [-0.2, 0) is 0 Å². The van der Waals surface area contributed by atoms with Gasteiger partial charge in [0, 0.05) is 0 Å². The first kappa shape index (κ1) is 14.0. The molecule has 0 aliphatic heterocycles. The van der Waals surface area contributed by atoms with E-state index in [2.05, 4.69) is 13.8 Å². The molecule has 3 atom stereocenters. The van der Waals surface area contributed by atoms with Crippen molar-refractivity contribution < 1.29 is 4.39 Å². The quantitative estimate of drug-likeness (QED) is 0.605. The molecule has 1 rings (SSSR count). The van der Waals surface area contributed by atoms with Crippen LogP contribution in [0.25, 0.3) is 0 Å². The third kappa shape index (κ3) is 4.43. The molecule has 0 aromatic carbocycles. The predicted molar refractivity (Wildman–Crippen MR) is 69.3 cm³/mol. The molecule has 1 heteroatoms. The minimum Gasteiger partial charge on any atom is -0.248 e. The van der Waals surface area contributed by atoms with Gasteiger partial charge in [0.2, 0.25) is 0 Å². The lowest BCUT2D eigenvalue weighted by atomic mass is 9.75. The van der Waals surface area contributed by atoms with E-state index < -0.39 is 6.17 Å². The van der Waals surface area contributed by atoms with Crippen molar-refractivity contribution in [1.29, 1.82) is 0 Å². The normalized spacial score (nSPS) is 32.1. The van der Waals surface area contributed by atoms with Gasteiger partial charge in [-0.3, -0.25) is 0 Å². The third-order valence-electron chi connectivity index (χ3n) is 4.73. The second kappa shape index (κ2) is 6.61. The SMILES string of the molecule is CC1CCC(C(C)CCC(C)C(C)F)CC1. The van der Waals surface area contributed by atoms with E-state index in [1.807, 2.05) is 6.92 Å². The first-order valence-corrected chi connectivity index (χ1v) is 7.14. The monoisotopic (exact) mass is 228 g/mol. The van der Waals surface area contributed by atoms with Crippen molar-refractivity contribution >= 4 is 0 Å². The Kier molecular flexibility index (Phi) is 5.78. The fourth-order valence-electron chi connectivity index (χ4n) is 2.85. The average Bonchev–Trinajstić information content (AvgIpc) is 2.26. The molecule has 0 bridgehead atoms. The van der Waals surface area contributed by atoms with Crippen LogP contribution in [0.3, 0.4) is 0 Å². The Balaban J connectivity index is 2.22. The molecule has 0 heterocycles. The summed E-state index contributed by atoms with van der Waals surface area (Å²) in [6, 6.07) is 0. The van der Waals surface area contributed by atoms with Crippen molar-refractivity contribution in [3.8, 4) is 0 Å². The molecule has 3 unspecified atom stereocenters. The minimum atomic E-state index is -0.640. The number of rotatable bonds is 5. The van der Waals surface area contributed by atoms with Crippen LogP contribution >= 0.6 is 0 Å². The Morgan fingerprint density at radius 2 is 1.56 bits per heavy atom. The molecule has 0 spiro atoms. The van der Waals surface area contributed by atoms with Crippen LogP contribution in [0.2, 0.25) is 0 Å². The first-order valence-electron chi connectivity index (χ1n) is 7.14. The Bertz CT molecular complexity index is 180. The van der Waals surface area contributed by atoms with Crippen LogP contribution in [-0.4, -0.2) is 6.17 Å². The molecule has 1 saturated carbocycles. The van der Waals surface area contributed by atoms with Gasteiger partial charge in [0.25, 0.3) is 0 Å². The van der Waals surface area contributed by atoms with Gasteiger partial charge in [-0.25, -0.2) is 4.39 Å². The molecule has 1 fully saturated rings. The molecule has 0 N–H and O–H groups in total. The van der Waals surface area contributed by atoms with Crippen LogP contribution in [0, 0.1) is 23.7 Å². The zero-order valence-corrected chi connectivity index (χ0v) is 11.5. The smallest absolute Gasteiger partial charge is 0.0998 e. The number of alkyl halides is 1. The second-order valence-electron chi connectivity index (χ2n) is 6.23. The highest BCUT2D eigenvalue weighted by molar-refractivity contribution is 4.75. The Labute approximate surface area is 101 Å². The van der Waals surface area contributed by atoms with E-state index in [9.17, 15) is 4.39 Å². The highest BCUT2D eigenvalue weighted by Gasteiger charge is 2.23. The van der Waals surface area contributed by atoms with Crippen molar-refractivity contribution in [3.05, 3.63) is 0 Å². The Hall–Kier alpha value is -0.0700. The van der Waals surface area contributed by atoms with Gasteiger partial charge in [0.1, 0.15) is 0 Å². The fourth-order valence-corrected chi connectivity index (χ4v) is 2.85. The highest BCUT2D eigenvalue weighted by atomic mass is 19.1. The average molecular weight is 228 g/mol. The summed E-state index contributed by atoms with van der Waals surface area (Å²) in [6.07, 6.45) is 7.26. The molecule has 0 aromatic heterocycles. The molecule has 0 amide bonds. The summed E-state index contributed by atoms with van der Waals surface area (Å²) in [7, 11) is 0. The van der Waals surface area contributed by atoms with E-state index in [-0.39, 0.29) is 5.92 Å². The summed E-state index contributed by atoms with van der Waals surface area (Å²) >= 11 is 0. The van der Waals surface area contributed by atoms with Gasteiger partial charge in [-0.15, -0.1) is 0 Å². The van der Waals surface area contributed by atoms with E-state index in [0.717, 1.165) is 24.2 Å². The van der Waals surface area contributed by atoms with E-state index in [1.54, 1.807) is 6.92 Å². The van der Waals surface area contributed by atoms with Crippen molar-refractivity contribution in [3.63, 3.8) is 0 Å². The van der Waals surface area contributed by atoms with Crippen LogP contribution in [0.4, 0.5) is 4.39 Å². The van der Waals surface area contributed by atoms with Crippen LogP contribution in [0.1, 0.15) is 66.2 Å². The minimum absolute atomic E-state index is 0.241. The molecule has 1 aliphatic rings. The van der Waals surface area contributed by atoms with Gasteiger partial charge in [-0.2, -0.15) is 0 Å². The maximum absolute atomic E-state index is 13.0. The predicted octanol–water partition coefficient (Wildman–Crippen LogP) is 5.22. The fraction of sp³-hybridized carbons (Fsp3) is 1.00. The van der Waals surface area contributed by atoms with Gasteiger partial charge in [-0.1, -0.05) is 40.0 Å². The van der Waals surface area contributed by atoms with Crippen molar-refractivity contribution in [2.24, 2.45) is 23.7 Å². The number of hydrogen-bond donors (Lipinski definition) is 0. The van der Waals surface area contributed by atoms with Crippen molar-refractivity contribution in [2.45, 2.75) is 72.4 Å². The topological polar surface area (TPSA) is 0 Å². The van der Waals surface area contributed by atoms with Gasteiger partial charge in [-0.05, 0) is 49.9 Å². The number of halogens is 1. The summed E-state index contributed by atoms with van der Waals surface area (Å²) in [5.41, 5.74) is 0. The van der Waals surface area contributed by atoms with Crippen molar-refractivity contribution in [2.75, 3.05) is 0 Å². The zero-order chi connectivity index (χ0) is 12.1. The van der Waals surface area contributed by atoms with E-state index in [0.29, 0.717) is 0 Å². The molecule has 16 heavy (non-hydrogen) atoms. The third-order valence-corrected chi connectivity index (χ3v) is 4.73. The summed E-state index contributed by atoms with van der Waals surface area (Å²) in [5.74, 6) is 2.89. The maximum atomic E-state index is 13.0. The van der Waals surface area contributed by atoms with Gasteiger partial charge in [0.05, 0.1) is 6.17 Å². The summed E-state index contributed by atoms with van der Waals surface area (Å²) < 4.78 is 13.0. The Morgan fingerprint density at radius 3 is 2.06 bits per heavy atom. The highest BCUT2D eigenvalue weighted by Crippen LogP contribution is 2.35. The second-order valence-corrected chi connectivity index (χ2v) is 6.23. The van der Waals surface area contributed by atoms with Crippen LogP contribution in [0.5, 0.6) is 0 Å². The van der Waals surface area contributed by atoms with Crippen LogP contribution in [0.15, 0.2) is 0 Å². The maximum Gasteiger partial charge on any atom is 0.0998 e. The molecule has 0 radical (unpaired) electrons. The number of hydrogen-bond acceptors (Lipinski definition) is 0. The standard InChI is InChI=1S/C15H29F/c1-11-5-9-15(10-6-11)13(3)8-7-12(2)14(4)16/h11-15H,5-10H2,1-4H3. The molecule has 1 aliphatic carbocycles. The molecule has 96 valence electrons. The molecular formula is C15H29F. The molecule has 0 aromatic rings. The summed E-state index contributed by atoms with van der Waals surface area (Å²) in [4.78, 5) is 0. The van der Waals surface area contributed by atoms with Gasteiger partial charge >= 0.3 is 0 Å². The zero-order valence-electron chi connectivity index (χ0n) is 11.5. The lowest BCUT2D eigenvalue weighted by molar-refractivity contribution is 0.189. The lowest BCUT2D eigenvalue weighted by Gasteiger charge is -2.31. The van der Waals surface area contributed by atoms with E-state index in [1.165, 1.54) is 32.1 Å². The Morgan fingerprint density at radius 1 is 1.00 bits per heavy atom. The van der Waals surface area contributed by atoms with E-state index >= 15 is 0 Å². The first-order chi connectivity index (χ1) is 7.50. The summed E-state index contributed by atoms with van der Waals surface area (Å²) in [6.45, 7) is 8.47. The molecular weight excluding hydrogens is 199 g/mol. The largest absolute Gasteiger partial charge is 0.248 e. The lowest BCUT2D eigenvalue weighted by Crippen LogP contribution is -2.20. The van der Waals surface area contributed by atoms with Gasteiger partial charge in [0.15, 0.2) is 0 Å². The summed E-state index contributed by atoms with van der Waals surface area (Å²) in [5, 5.41) is 0. The molecule has 0 nitrogen and oxygen atoms in total. The van der Waals surface area contributed by atoms with E-state index in [4.69, 9.17) is 0 Å². The van der Waals surface area contributed by atoms with Crippen LogP contribution < -0.4 is 0 Å².